The Labute approximate surface area is 205 Å². The quantitative estimate of drug-likeness (QED) is 0.437. The van der Waals surface area contributed by atoms with E-state index in [0.29, 0.717) is 12.3 Å². The fourth-order valence-corrected chi connectivity index (χ4v) is 4.94. The second-order valence-corrected chi connectivity index (χ2v) is 10.3. The van der Waals surface area contributed by atoms with Gasteiger partial charge in [0.25, 0.3) is 0 Å². The van der Waals surface area contributed by atoms with Gasteiger partial charge in [-0.25, -0.2) is 0 Å². The molecule has 2 atom stereocenters. The van der Waals surface area contributed by atoms with Crippen molar-refractivity contribution in [1.29, 1.82) is 0 Å². The number of carbonyl (C=O) groups is 1. The van der Waals surface area contributed by atoms with Gasteiger partial charge in [-0.3, -0.25) is 4.79 Å². The third-order valence-corrected chi connectivity index (χ3v) is 7.36. The topological polar surface area (TPSA) is 93.0 Å². The summed E-state index contributed by atoms with van der Waals surface area (Å²) in [6, 6.07) is 13.8. The molecule has 3 N–H and O–H groups in total. The van der Waals surface area contributed by atoms with Crippen molar-refractivity contribution in [2.45, 2.75) is 76.7 Å². The van der Waals surface area contributed by atoms with Crippen LogP contribution in [0.25, 0.3) is 10.9 Å². The SMILES string of the molecule is CCC1(C)Oc2ccc(C3(C(=O)Nc4ccc5c(c4)cc(C(C)C)n5C[C@@H](O)CO)CC3)cc2O1. The number of rotatable bonds is 8. The number of ether oxygens (including phenoxy) is 2. The molecule has 0 bridgehead atoms. The molecule has 1 amide bonds. The van der Waals surface area contributed by atoms with Gasteiger partial charge in [0.2, 0.25) is 11.7 Å². The number of aliphatic hydroxyl groups is 2. The smallest absolute Gasteiger partial charge is 0.248 e. The van der Waals surface area contributed by atoms with Crippen molar-refractivity contribution in [3.05, 3.63) is 53.7 Å². The molecule has 1 saturated carbocycles. The van der Waals surface area contributed by atoms with Gasteiger partial charge in [-0.15, -0.1) is 0 Å². The molecule has 35 heavy (non-hydrogen) atoms. The standard InChI is InChI=1S/C28H34N2O5/c1-5-27(4)34-24-9-6-19(14-25(24)35-27)28(10-11-28)26(33)29-20-7-8-22-18(12-20)13-23(17(2)3)30(22)15-21(32)16-31/h6-9,12-14,17,21,31-32H,5,10-11,15-16H2,1-4H3,(H,29,33)/t21-,27?/m1/s1. The van der Waals surface area contributed by atoms with Crippen molar-refractivity contribution in [3.63, 3.8) is 0 Å². The Bertz CT molecular complexity index is 1280. The van der Waals surface area contributed by atoms with Crippen LogP contribution >= 0.6 is 0 Å². The molecule has 1 aliphatic heterocycles. The van der Waals surface area contributed by atoms with Gasteiger partial charge in [-0.2, -0.15) is 0 Å². The fraction of sp³-hybridized carbons (Fsp3) is 0.464. The number of anilines is 1. The van der Waals surface area contributed by atoms with Crippen LogP contribution in [0.4, 0.5) is 5.69 Å². The molecule has 1 aliphatic carbocycles. The minimum Gasteiger partial charge on any atom is -0.449 e. The highest BCUT2D eigenvalue weighted by Crippen LogP contribution is 2.52. The fourth-order valence-electron chi connectivity index (χ4n) is 4.94. The molecule has 0 radical (unpaired) electrons. The number of amides is 1. The summed E-state index contributed by atoms with van der Waals surface area (Å²) in [6.45, 7) is 8.18. The Morgan fingerprint density at radius 3 is 2.51 bits per heavy atom. The van der Waals surface area contributed by atoms with Gasteiger partial charge in [-0.05, 0) is 60.7 Å². The van der Waals surface area contributed by atoms with Gasteiger partial charge < -0.3 is 29.6 Å². The van der Waals surface area contributed by atoms with E-state index in [9.17, 15) is 15.0 Å². The molecule has 0 saturated heterocycles. The molecule has 7 nitrogen and oxygen atoms in total. The zero-order valence-corrected chi connectivity index (χ0v) is 20.8. The summed E-state index contributed by atoms with van der Waals surface area (Å²) in [4.78, 5) is 13.4. The number of hydrogen-bond donors (Lipinski definition) is 3. The summed E-state index contributed by atoms with van der Waals surface area (Å²) in [5.74, 6) is 0.986. The third kappa shape index (κ3) is 4.17. The normalized spacial score (nSPS) is 20.9. The van der Waals surface area contributed by atoms with E-state index in [2.05, 4.69) is 25.2 Å². The van der Waals surface area contributed by atoms with E-state index in [0.717, 1.165) is 52.9 Å². The van der Waals surface area contributed by atoms with E-state index in [-0.39, 0.29) is 18.4 Å². The summed E-state index contributed by atoms with van der Waals surface area (Å²) in [5.41, 5.74) is 3.18. The van der Waals surface area contributed by atoms with E-state index in [4.69, 9.17) is 9.47 Å². The van der Waals surface area contributed by atoms with Crippen LogP contribution in [0, 0.1) is 0 Å². The molecule has 186 valence electrons. The summed E-state index contributed by atoms with van der Waals surface area (Å²) in [7, 11) is 0. The molecule has 7 heteroatoms. The first kappa shape index (κ1) is 23.7. The van der Waals surface area contributed by atoms with Crippen molar-refractivity contribution in [1.82, 2.24) is 4.57 Å². The van der Waals surface area contributed by atoms with Crippen molar-refractivity contribution in [2.75, 3.05) is 11.9 Å². The summed E-state index contributed by atoms with van der Waals surface area (Å²) >= 11 is 0. The monoisotopic (exact) mass is 478 g/mol. The van der Waals surface area contributed by atoms with E-state index in [1.54, 1.807) is 0 Å². The predicted molar refractivity (Wildman–Crippen MR) is 135 cm³/mol. The molecule has 2 aromatic carbocycles. The van der Waals surface area contributed by atoms with Gasteiger partial charge >= 0.3 is 0 Å². The van der Waals surface area contributed by atoms with Crippen LogP contribution in [-0.4, -0.2) is 39.2 Å². The third-order valence-electron chi connectivity index (χ3n) is 7.36. The number of nitrogens with zero attached hydrogens (tertiary/aromatic N) is 1. The summed E-state index contributed by atoms with van der Waals surface area (Å²) in [5, 5.41) is 23.5. The number of fused-ring (bicyclic) bond motifs is 2. The minimum absolute atomic E-state index is 0.0202. The lowest BCUT2D eigenvalue weighted by atomic mass is 9.94. The first-order valence-corrected chi connectivity index (χ1v) is 12.4. The van der Waals surface area contributed by atoms with E-state index < -0.39 is 17.3 Å². The van der Waals surface area contributed by atoms with Crippen LogP contribution in [0.15, 0.2) is 42.5 Å². The Morgan fingerprint density at radius 2 is 1.86 bits per heavy atom. The van der Waals surface area contributed by atoms with Gasteiger partial charge in [0.15, 0.2) is 11.5 Å². The maximum absolute atomic E-state index is 13.4. The molecule has 0 spiro atoms. The van der Waals surface area contributed by atoms with Crippen LogP contribution < -0.4 is 14.8 Å². The second-order valence-electron chi connectivity index (χ2n) is 10.3. The highest BCUT2D eigenvalue weighted by Gasteiger charge is 2.52. The number of carbonyl (C=O) groups excluding carboxylic acids is 1. The molecule has 2 heterocycles. The highest BCUT2D eigenvalue weighted by atomic mass is 16.7. The molecule has 1 fully saturated rings. The Balaban J connectivity index is 1.39. The summed E-state index contributed by atoms with van der Waals surface area (Å²) < 4.78 is 14.0. The molecule has 3 aromatic rings. The van der Waals surface area contributed by atoms with Crippen LogP contribution in [0.2, 0.25) is 0 Å². The molecule has 5 rings (SSSR count). The van der Waals surface area contributed by atoms with E-state index in [1.165, 1.54) is 0 Å². The Kier molecular flexibility index (Phi) is 5.80. The largest absolute Gasteiger partial charge is 0.449 e. The van der Waals surface area contributed by atoms with E-state index >= 15 is 0 Å². The lowest BCUT2D eigenvalue weighted by molar-refractivity contribution is -0.118. The Hall–Kier alpha value is -3.03. The molecule has 2 aliphatic rings. The van der Waals surface area contributed by atoms with Crippen molar-refractivity contribution >= 4 is 22.5 Å². The number of nitrogens with one attached hydrogen (secondary N) is 1. The van der Waals surface area contributed by atoms with Crippen molar-refractivity contribution in [3.8, 4) is 11.5 Å². The zero-order chi connectivity index (χ0) is 25.0. The van der Waals surface area contributed by atoms with E-state index in [1.807, 2.05) is 54.8 Å². The lowest BCUT2D eigenvalue weighted by Crippen LogP contribution is -2.33. The molecule has 1 unspecified atom stereocenters. The summed E-state index contributed by atoms with van der Waals surface area (Å²) in [6.07, 6.45) is 1.48. The number of hydrogen-bond acceptors (Lipinski definition) is 5. The van der Waals surface area contributed by atoms with Crippen LogP contribution in [0.5, 0.6) is 11.5 Å². The van der Waals surface area contributed by atoms with Gasteiger partial charge in [0, 0.05) is 35.6 Å². The van der Waals surface area contributed by atoms with Crippen LogP contribution in [0.3, 0.4) is 0 Å². The maximum Gasteiger partial charge on any atom is 0.248 e. The lowest BCUT2D eigenvalue weighted by Gasteiger charge is -2.20. The number of aliphatic hydroxyl groups excluding tert-OH is 2. The molecular formula is C28H34N2O5. The molecule has 1 aromatic heterocycles. The number of aromatic nitrogens is 1. The highest BCUT2D eigenvalue weighted by molar-refractivity contribution is 6.02. The van der Waals surface area contributed by atoms with Crippen LogP contribution in [0.1, 0.15) is 64.1 Å². The maximum atomic E-state index is 13.4. The van der Waals surface area contributed by atoms with Gasteiger partial charge in [0.05, 0.1) is 24.7 Å². The average Bonchev–Trinajstić information content (AvgIpc) is 3.47. The average molecular weight is 479 g/mol. The van der Waals surface area contributed by atoms with Crippen molar-refractivity contribution in [2.24, 2.45) is 0 Å². The van der Waals surface area contributed by atoms with Crippen LogP contribution in [-0.2, 0) is 16.8 Å². The first-order chi connectivity index (χ1) is 16.7. The van der Waals surface area contributed by atoms with Gasteiger partial charge in [0.1, 0.15) is 0 Å². The zero-order valence-electron chi connectivity index (χ0n) is 20.8. The van der Waals surface area contributed by atoms with Gasteiger partial charge in [-0.1, -0.05) is 26.8 Å². The van der Waals surface area contributed by atoms with Crippen molar-refractivity contribution < 1.29 is 24.5 Å². The minimum atomic E-state index is -0.825. The Morgan fingerprint density at radius 1 is 1.11 bits per heavy atom. The molecular weight excluding hydrogens is 444 g/mol. The second kappa shape index (κ2) is 8.57. The number of benzene rings is 2. The first-order valence-electron chi connectivity index (χ1n) is 12.4. The predicted octanol–water partition coefficient (Wildman–Crippen LogP) is 4.69.